The molecule has 2 aliphatic rings. The first-order valence-corrected chi connectivity index (χ1v) is 10.5. The molecule has 1 aliphatic carbocycles. The molecular weight excluding hydrogens is 378 g/mol. The number of fused-ring (bicyclic) bond motifs is 1. The lowest BCUT2D eigenvalue weighted by molar-refractivity contribution is 0.0600. The van der Waals surface area contributed by atoms with Gasteiger partial charge in [0.05, 0.1) is 12.7 Å². The van der Waals surface area contributed by atoms with E-state index in [9.17, 15) is 9.59 Å². The Morgan fingerprint density at radius 3 is 2.67 bits per heavy atom. The fraction of sp³-hybridized carbons (Fsp3) is 0.417. The Hall–Kier alpha value is -2.86. The van der Waals surface area contributed by atoms with E-state index in [0.29, 0.717) is 18.7 Å². The van der Waals surface area contributed by atoms with Gasteiger partial charge in [0, 0.05) is 25.2 Å². The number of methoxy groups -OCH3 is 1. The number of nitrogens with one attached hydrogen (secondary N) is 2. The molecule has 2 aromatic rings. The van der Waals surface area contributed by atoms with E-state index in [1.807, 2.05) is 30.1 Å². The molecule has 0 unspecified atom stereocenters. The maximum absolute atomic E-state index is 12.8. The van der Waals surface area contributed by atoms with Gasteiger partial charge in [-0.3, -0.25) is 0 Å². The van der Waals surface area contributed by atoms with E-state index >= 15 is 0 Å². The maximum atomic E-state index is 12.8. The van der Waals surface area contributed by atoms with E-state index in [0.717, 1.165) is 36.9 Å². The third-order valence-electron chi connectivity index (χ3n) is 6.17. The van der Waals surface area contributed by atoms with Crippen LogP contribution in [0.2, 0.25) is 0 Å². The molecule has 1 heterocycles. The average molecular weight is 408 g/mol. The van der Waals surface area contributed by atoms with Crippen LogP contribution >= 0.6 is 0 Å². The molecular formula is C24H29N3O3. The van der Waals surface area contributed by atoms with Gasteiger partial charge in [-0.05, 0) is 73.2 Å². The minimum Gasteiger partial charge on any atom is -0.465 e. The summed E-state index contributed by atoms with van der Waals surface area (Å²) in [5, 5.41) is 6.41. The van der Waals surface area contributed by atoms with Crippen molar-refractivity contribution < 1.29 is 14.3 Å². The molecule has 0 radical (unpaired) electrons. The number of esters is 1. The second-order valence-electron chi connectivity index (χ2n) is 8.49. The standard InChI is InChI=1S/C24H29N3O3/c1-24(10-11-24)26-23(29)27-12-9-20-19(8-7-18(14-25-2)21(20)15-27)16-5-4-6-17(13-16)22(28)30-3/h4-8,13,25H,9-12,14-15H2,1-3H3,(H,26,29). The van der Waals surface area contributed by atoms with Gasteiger partial charge in [0.1, 0.15) is 0 Å². The Bertz CT molecular complexity index is 982. The van der Waals surface area contributed by atoms with Crippen LogP contribution in [-0.4, -0.2) is 43.1 Å². The Balaban J connectivity index is 1.68. The average Bonchev–Trinajstić information content (AvgIpc) is 3.49. The number of hydrogen-bond acceptors (Lipinski definition) is 4. The lowest BCUT2D eigenvalue weighted by atomic mass is 9.87. The molecule has 0 spiro atoms. The Morgan fingerprint density at radius 2 is 1.97 bits per heavy atom. The van der Waals surface area contributed by atoms with Crippen molar-refractivity contribution in [2.75, 3.05) is 20.7 Å². The molecule has 0 atom stereocenters. The highest BCUT2D eigenvalue weighted by Crippen LogP contribution is 2.36. The van der Waals surface area contributed by atoms with Crippen molar-refractivity contribution >= 4 is 12.0 Å². The monoisotopic (exact) mass is 407 g/mol. The molecule has 4 rings (SSSR count). The number of hydrogen-bond donors (Lipinski definition) is 2. The summed E-state index contributed by atoms with van der Waals surface area (Å²) in [6, 6.07) is 11.8. The summed E-state index contributed by atoms with van der Waals surface area (Å²) in [7, 11) is 3.33. The molecule has 30 heavy (non-hydrogen) atoms. The number of nitrogens with zero attached hydrogens (tertiary/aromatic N) is 1. The lowest BCUT2D eigenvalue weighted by Gasteiger charge is -2.33. The molecule has 0 saturated heterocycles. The van der Waals surface area contributed by atoms with E-state index in [4.69, 9.17) is 4.74 Å². The highest BCUT2D eigenvalue weighted by Gasteiger charge is 2.40. The lowest BCUT2D eigenvalue weighted by Crippen LogP contribution is -2.47. The third-order valence-corrected chi connectivity index (χ3v) is 6.17. The first-order chi connectivity index (χ1) is 14.4. The fourth-order valence-electron chi connectivity index (χ4n) is 4.12. The summed E-state index contributed by atoms with van der Waals surface area (Å²) in [6.45, 7) is 4.13. The van der Waals surface area contributed by atoms with Crippen LogP contribution in [0.4, 0.5) is 4.79 Å². The van der Waals surface area contributed by atoms with E-state index in [2.05, 4.69) is 29.7 Å². The van der Waals surface area contributed by atoms with E-state index in [-0.39, 0.29) is 17.5 Å². The molecule has 6 nitrogen and oxygen atoms in total. The smallest absolute Gasteiger partial charge is 0.337 e. The molecule has 2 amide bonds. The number of carbonyl (C=O) groups is 2. The number of carbonyl (C=O) groups excluding carboxylic acids is 2. The van der Waals surface area contributed by atoms with Crippen molar-refractivity contribution in [2.24, 2.45) is 0 Å². The zero-order valence-electron chi connectivity index (χ0n) is 17.9. The number of benzene rings is 2. The zero-order valence-corrected chi connectivity index (χ0v) is 17.9. The van der Waals surface area contributed by atoms with Crippen molar-refractivity contribution in [3.05, 3.63) is 58.7 Å². The SMILES string of the molecule is CNCc1ccc(-c2cccc(C(=O)OC)c2)c2c1CN(C(=O)NC1(C)CC1)CC2. The van der Waals surface area contributed by atoms with Crippen LogP contribution in [0.3, 0.4) is 0 Å². The topological polar surface area (TPSA) is 70.7 Å². The van der Waals surface area contributed by atoms with Crippen molar-refractivity contribution in [2.45, 2.75) is 44.8 Å². The predicted octanol–water partition coefficient (Wildman–Crippen LogP) is 3.48. The summed E-state index contributed by atoms with van der Waals surface area (Å²) < 4.78 is 4.88. The minimum absolute atomic E-state index is 0.0224. The van der Waals surface area contributed by atoms with Gasteiger partial charge in [-0.1, -0.05) is 24.3 Å². The van der Waals surface area contributed by atoms with Crippen molar-refractivity contribution in [3.63, 3.8) is 0 Å². The van der Waals surface area contributed by atoms with Crippen molar-refractivity contribution in [3.8, 4) is 11.1 Å². The highest BCUT2D eigenvalue weighted by atomic mass is 16.5. The van der Waals surface area contributed by atoms with E-state index in [1.165, 1.54) is 23.8 Å². The van der Waals surface area contributed by atoms with Crippen LogP contribution in [0, 0.1) is 0 Å². The van der Waals surface area contributed by atoms with Gasteiger partial charge in [-0.2, -0.15) is 0 Å². The predicted molar refractivity (Wildman–Crippen MR) is 116 cm³/mol. The first kappa shape index (κ1) is 20.4. The number of amides is 2. The van der Waals surface area contributed by atoms with Gasteiger partial charge in [0.25, 0.3) is 0 Å². The van der Waals surface area contributed by atoms with Crippen LogP contribution in [0.1, 0.15) is 46.8 Å². The Morgan fingerprint density at radius 1 is 1.17 bits per heavy atom. The highest BCUT2D eigenvalue weighted by molar-refractivity contribution is 5.91. The maximum Gasteiger partial charge on any atom is 0.337 e. The molecule has 1 saturated carbocycles. The third kappa shape index (κ3) is 4.05. The van der Waals surface area contributed by atoms with Gasteiger partial charge < -0.3 is 20.3 Å². The molecule has 158 valence electrons. The summed E-state index contributed by atoms with van der Waals surface area (Å²) in [6.07, 6.45) is 2.89. The summed E-state index contributed by atoms with van der Waals surface area (Å²) >= 11 is 0. The van der Waals surface area contributed by atoms with Gasteiger partial charge in [0.2, 0.25) is 0 Å². The molecule has 1 aliphatic heterocycles. The van der Waals surface area contributed by atoms with Gasteiger partial charge in [-0.15, -0.1) is 0 Å². The first-order valence-electron chi connectivity index (χ1n) is 10.5. The molecule has 0 bridgehead atoms. The normalized spacial score (nSPS) is 16.6. The number of ether oxygens (including phenoxy) is 1. The molecule has 6 heteroatoms. The second-order valence-corrected chi connectivity index (χ2v) is 8.49. The number of rotatable bonds is 5. The molecule has 2 N–H and O–H groups in total. The summed E-state index contributed by atoms with van der Waals surface area (Å²) in [4.78, 5) is 26.7. The van der Waals surface area contributed by atoms with Gasteiger partial charge in [-0.25, -0.2) is 9.59 Å². The Labute approximate surface area is 177 Å². The van der Waals surface area contributed by atoms with Crippen LogP contribution in [0.15, 0.2) is 36.4 Å². The van der Waals surface area contributed by atoms with Crippen LogP contribution in [0.5, 0.6) is 0 Å². The largest absolute Gasteiger partial charge is 0.465 e. The fourth-order valence-corrected chi connectivity index (χ4v) is 4.12. The summed E-state index contributed by atoms with van der Waals surface area (Å²) in [5.41, 5.74) is 6.28. The molecule has 0 aromatic heterocycles. The van der Waals surface area contributed by atoms with Crippen LogP contribution in [0.25, 0.3) is 11.1 Å². The molecule has 2 aromatic carbocycles. The van der Waals surface area contributed by atoms with Crippen molar-refractivity contribution in [1.29, 1.82) is 0 Å². The van der Waals surface area contributed by atoms with Gasteiger partial charge >= 0.3 is 12.0 Å². The number of urea groups is 1. The van der Waals surface area contributed by atoms with Crippen LogP contribution in [-0.2, 0) is 24.2 Å². The van der Waals surface area contributed by atoms with Crippen molar-refractivity contribution in [1.82, 2.24) is 15.5 Å². The summed E-state index contributed by atoms with van der Waals surface area (Å²) in [5.74, 6) is -0.339. The van der Waals surface area contributed by atoms with Gasteiger partial charge in [0.15, 0.2) is 0 Å². The van der Waals surface area contributed by atoms with E-state index < -0.39 is 0 Å². The quantitative estimate of drug-likeness (QED) is 0.745. The zero-order chi connectivity index (χ0) is 21.3. The van der Waals surface area contributed by atoms with Crippen LogP contribution < -0.4 is 10.6 Å². The second kappa shape index (κ2) is 8.11. The minimum atomic E-state index is -0.339. The Kier molecular flexibility index (Phi) is 5.52. The molecule has 1 fully saturated rings. The van der Waals surface area contributed by atoms with E-state index in [1.54, 1.807) is 6.07 Å².